The number of aryl methyl sites for hydroxylation is 2. The highest BCUT2D eigenvalue weighted by Crippen LogP contribution is 2.23. The zero-order chi connectivity index (χ0) is 19.1. The Kier molecular flexibility index (Phi) is 4.02. The van der Waals surface area contributed by atoms with E-state index in [1.54, 1.807) is 17.6 Å². The SMILES string of the molecule is Cc1cc(Nc2nc3c(cc2F)nc(C)n3Cc2ncc(F)cc2F)n[nH]1. The van der Waals surface area contributed by atoms with E-state index < -0.39 is 17.5 Å². The van der Waals surface area contributed by atoms with Crippen LogP contribution in [0.5, 0.6) is 0 Å². The van der Waals surface area contributed by atoms with E-state index in [9.17, 15) is 13.2 Å². The van der Waals surface area contributed by atoms with Crippen molar-refractivity contribution in [3.63, 3.8) is 0 Å². The number of halogens is 3. The second kappa shape index (κ2) is 6.38. The van der Waals surface area contributed by atoms with Gasteiger partial charge in [-0.05, 0) is 13.8 Å². The molecule has 0 aliphatic rings. The number of pyridine rings is 2. The van der Waals surface area contributed by atoms with Crippen LogP contribution >= 0.6 is 0 Å². The van der Waals surface area contributed by atoms with E-state index in [0.717, 1.165) is 18.0 Å². The van der Waals surface area contributed by atoms with E-state index in [2.05, 4.69) is 30.5 Å². The van der Waals surface area contributed by atoms with Crippen molar-refractivity contribution in [2.45, 2.75) is 20.4 Å². The second-order valence-corrected chi connectivity index (χ2v) is 6.05. The van der Waals surface area contributed by atoms with Gasteiger partial charge in [0.2, 0.25) is 0 Å². The molecule has 0 unspecified atom stereocenters. The Morgan fingerprint density at radius 1 is 1.07 bits per heavy atom. The number of aromatic nitrogens is 6. The third-order valence-corrected chi connectivity index (χ3v) is 4.01. The number of H-pyrrole nitrogens is 1. The van der Waals surface area contributed by atoms with Gasteiger partial charge in [0.25, 0.3) is 0 Å². The van der Waals surface area contributed by atoms with Gasteiger partial charge in [-0.25, -0.2) is 23.1 Å². The van der Waals surface area contributed by atoms with E-state index in [1.807, 2.05) is 6.92 Å². The molecule has 27 heavy (non-hydrogen) atoms. The predicted molar refractivity (Wildman–Crippen MR) is 92.1 cm³/mol. The molecule has 4 rings (SSSR count). The first kappa shape index (κ1) is 17.0. The Morgan fingerprint density at radius 3 is 2.59 bits per heavy atom. The van der Waals surface area contributed by atoms with Crippen LogP contribution in [-0.4, -0.2) is 29.7 Å². The Morgan fingerprint density at radius 2 is 1.89 bits per heavy atom. The van der Waals surface area contributed by atoms with Crippen LogP contribution in [0.2, 0.25) is 0 Å². The lowest BCUT2D eigenvalue weighted by molar-refractivity contribution is 0.550. The van der Waals surface area contributed by atoms with Gasteiger partial charge in [0.05, 0.1) is 18.4 Å². The molecule has 0 aliphatic carbocycles. The van der Waals surface area contributed by atoms with Crippen molar-refractivity contribution in [2.75, 3.05) is 5.32 Å². The summed E-state index contributed by atoms with van der Waals surface area (Å²) >= 11 is 0. The first-order chi connectivity index (χ1) is 12.9. The van der Waals surface area contributed by atoms with Crippen LogP contribution in [0.15, 0.2) is 24.4 Å². The van der Waals surface area contributed by atoms with Crippen molar-refractivity contribution in [2.24, 2.45) is 0 Å². The molecule has 0 spiro atoms. The maximum absolute atomic E-state index is 14.4. The zero-order valence-electron chi connectivity index (χ0n) is 14.4. The lowest BCUT2D eigenvalue weighted by Crippen LogP contribution is -2.08. The minimum absolute atomic E-state index is 0.0198. The van der Waals surface area contributed by atoms with Crippen molar-refractivity contribution < 1.29 is 13.2 Å². The van der Waals surface area contributed by atoms with Crippen molar-refractivity contribution in [1.82, 2.24) is 29.7 Å². The van der Waals surface area contributed by atoms with Gasteiger partial charge in [0.15, 0.2) is 23.1 Å². The lowest BCUT2D eigenvalue weighted by atomic mass is 10.3. The fraction of sp³-hybridized carbons (Fsp3) is 0.176. The van der Waals surface area contributed by atoms with Crippen molar-refractivity contribution in [3.05, 3.63) is 59.1 Å². The van der Waals surface area contributed by atoms with Crippen molar-refractivity contribution >= 4 is 22.8 Å². The molecule has 138 valence electrons. The van der Waals surface area contributed by atoms with E-state index in [-0.39, 0.29) is 18.1 Å². The number of hydrogen-bond acceptors (Lipinski definition) is 5. The van der Waals surface area contributed by atoms with E-state index in [1.165, 1.54) is 6.07 Å². The quantitative estimate of drug-likeness (QED) is 0.573. The molecule has 0 saturated carbocycles. The van der Waals surface area contributed by atoms with E-state index >= 15 is 0 Å². The first-order valence-corrected chi connectivity index (χ1v) is 8.03. The molecule has 4 aromatic heterocycles. The average molecular weight is 373 g/mol. The topological polar surface area (TPSA) is 84.3 Å². The van der Waals surface area contributed by atoms with Gasteiger partial charge in [0.1, 0.15) is 23.0 Å². The molecule has 0 aliphatic heterocycles. The second-order valence-electron chi connectivity index (χ2n) is 6.05. The molecule has 0 atom stereocenters. The Hall–Kier alpha value is -3.43. The zero-order valence-corrected chi connectivity index (χ0v) is 14.4. The van der Waals surface area contributed by atoms with Gasteiger partial charge in [-0.2, -0.15) is 5.10 Å². The molecule has 0 bridgehead atoms. The minimum atomic E-state index is -0.774. The number of rotatable bonds is 4. The highest BCUT2D eigenvalue weighted by molar-refractivity contribution is 5.75. The summed E-state index contributed by atoms with van der Waals surface area (Å²) in [5.74, 6) is -1.27. The van der Waals surface area contributed by atoms with E-state index in [0.29, 0.717) is 22.8 Å². The molecule has 0 saturated heterocycles. The Bertz CT molecular complexity index is 1150. The molecule has 0 radical (unpaired) electrons. The summed E-state index contributed by atoms with van der Waals surface area (Å²) < 4.78 is 43.0. The van der Waals surface area contributed by atoms with Gasteiger partial charge in [-0.15, -0.1) is 0 Å². The smallest absolute Gasteiger partial charge is 0.170 e. The summed E-state index contributed by atoms with van der Waals surface area (Å²) in [5.41, 5.74) is 1.49. The molecule has 4 aromatic rings. The van der Waals surface area contributed by atoms with Gasteiger partial charge < -0.3 is 9.88 Å². The Balaban J connectivity index is 1.76. The molecule has 0 aromatic carbocycles. The molecule has 2 N–H and O–H groups in total. The maximum Gasteiger partial charge on any atom is 0.170 e. The maximum atomic E-state index is 14.4. The minimum Gasteiger partial charge on any atom is -0.321 e. The first-order valence-electron chi connectivity index (χ1n) is 8.03. The van der Waals surface area contributed by atoms with Crippen molar-refractivity contribution in [3.8, 4) is 0 Å². The van der Waals surface area contributed by atoms with Gasteiger partial charge in [-0.1, -0.05) is 0 Å². The number of nitrogens with one attached hydrogen (secondary N) is 2. The third-order valence-electron chi connectivity index (χ3n) is 4.01. The standard InChI is InChI=1S/C17H14F3N7/c1-8-3-15(26-25-8)23-16-12(20)5-13-17(24-16)27(9(2)22-13)7-14-11(19)4-10(18)6-21-14/h3-6H,7H2,1-2H3,(H2,23,24,25,26). The van der Waals surface area contributed by atoms with Crippen LogP contribution in [0, 0.1) is 31.3 Å². The summed E-state index contributed by atoms with van der Waals surface area (Å²) in [6, 6.07) is 3.70. The van der Waals surface area contributed by atoms with Gasteiger partial charge in [-0.3, -0.25) is 10.1 Å². The number of aromatic amines is 1. The average Bonchev–Trinajstić information content (AvgIpc) is 3.14. The van der Waals surface area contributed by atoms with E-state index in [4.69, 9.17) is 0 Å². The molecular weight excluding hydrogens is 359 g/mol. The number of imidazole rings is 1. The van der Waals surface area contributed by atoms with Gasteiger partial charge >= 0.3 is 0 Å². The van der Waals surface area contributed by atoms with Crippen LogP contribution < -0.4 is 5.32 Å². The van der Waals surface area contributed by atoms with Crippen LogP contribution in [0.4, 0.5) is 24.8 Å². The molecule has 7 nitrogen and oxygen atoms in total. The predicted octanol–water partition coefficient (Wildman–Crippen LogP) is 3.38. The number of fused-ring (bicyclic) bond motifs is 1. The highest BCUT2D eigenvalue weighted by atomic mass is 19.1. The summed E-state index contributed by atoms with van der Waals surface area (Å²) in [6.07, 6.45) is 0.937. The van der Waals surface area contributed by atoms with Gasteiger partial charge in [0, 0.05) is 23.9 Å². The third kappa shape index (κ3) is 3.21. The molecule has 10 heteroatoms. The number of hydrogen-bond donors (Lipinski definition) is 2. The highest BCUT2D eigenvalue weighted by Gasteiger charge is 2.17. The fourth-order valence-electron chi connectivity index (χ4n) is 2.73. The molecule has 0 amide bonds. The van der Waals surface area contributed by atoms with Crippen LogP contribution in [0.1, 0.15) is 17.2 Å². The van der Waals surface area contributed by atoms with Crippen molar-refractivity contribution in [1.29, 1.82) is 0 Å². The monoisotopic (exact) mass is 373 g/mol. The lowest BCUT2D eigenvalue weighted by Gasteiger charge is -2.08. The summed E-state index contributed by atoms with van der Waals surface area (Å²) in [6.45, 7) is 3.48. The summed E-state index contributed by atoms with van der Waals surface area (Å²) in [4.78, 5) is 12.3. The number of nitrogens with zero attached hydrogens (tertiary/aromatic N) is 5. The number of anilines is 2. The van der Waals surface area contributed by atoms with Crippen LogP contribution in [0.25, 0.3) is 11.2 Å². The summed E-state index contributed by atoms with van der Waals surface area (Å²) in [5, 5.41) is 9.53. The largest absolute Gasteiger partial charge is 0.321 e. The van der Waals surface area contributed by atoms with Crippen LogP contribution in [0.3, 0.4) is 0 Å². The normalized spacial score (nSPS) is 11.3. The van der Waals surface area contributed by atoms with Crippen LogP contribution in [-0.2, 0) is 6.54 Å². The molecule has 4 heterocycles. The fourth-order valence-corrected chi connectivity index (χ4v) is 2.73. The molecular formula is C17H14F3N7. The summed E-state index contributed by atoms with van der Waals surface area (Å²) in [7, 11) is 0. The molecule has 0 fully saturated rings. The Labute approximate surface area is 151 Å².